The van der Waals surface area contributed by atoms with Gasteiger partial charge in [-0.3, -0.25) is 0 Å². The molecule has 5 heteroatoms. The second-order valence-electron chi connectivity index (χ2n) is 5.22. The van der Waals surface area contributed by atoms with Gasteiger partial charge >= 0.3 is 5.97 Å². The largest absolute Gasteiger partial charge is 0.462 e. The van der Waals surface area contributed by atoms with Crippen LogP contribution in [0.5, 0.6) is 0 Å². The molecule has 0 amide bonds. The van der Waals surface area contributed by atoms with Crippen LogP contribution in [0.25, 0.3) is 0 Å². The predicted octanol–water partition coefficient (Wildman–Crippen LogP) is 3.53. The van der Waals surface area contributed by atoms with Gasteiger partial charge in [0.05, 0.1) is 23.5 Å². The Bertz CT molecular complexity index is 493. The molecule has 1 saturated carbocycles. The number of anilines is 2. The van der Waals surface area contributed by atoms with Gasteiger partial charge in [0.1, 0.15) is 0 Å². The van der Waals surface area contributed by atoms with Gasteiger partial charge in [0, 0.05) is 11.3 Å². The molecular weight excluding hydrogens is 284 g/mol. The lowest BCUT2D eigenvalue weighted by Crippen LogP contribution is -2.20. The van der Waals surface area contributed by atoms with Gasteiger partial charge in [-0.25, -0.2) is 4.79 Å². The number of nitrogens with two attached hydrogens (primary N) is 1. The molecule has 4 nitrogen and oxygen atoms in total. The van der Waals surface area contributed by atoms with E-state index >= 15 is 0 Å². The van der Waals surface area contributed by atoms with Crippen molar-refractivity contribution in [2.75, 3.05) is 23.4 Å². The Hall–Kier alpha value is -1.36. The highest BCUT2D eigenvalue weighted by Crippen LogP contribution is 2.34. The number of benzene rings is 1. The molecule has 0 saturated heterocycles. The van der Waals surface area contributed by atoms with Crippen molar-refractivity contribution < 1.29 is 9.53 Å². The maximum Gasteiger partial charge on any atom is 0.340 e. The van der Waals surface area contributed by atoms with Crippen molar-refractivity contribution in [3.05, 3.63) is 23.8 Å². The standard InChI is InChI=1S/C16H24N2O2S/c1-3-20-16(19)13-6-5-7-14(17)15(13)18-11-8-9-12(10-11)21-4-2/h5-7,11-12,18H,3-4,8-10,17H2,1-2H3. The van der Waals surface area contributed by atoms with Crippen LogP contribution in [0.1, 0.15) is 43.5 Å². The summed E-state index contributed by atoms with van der Waals surface area (Å²) < 4.78 is 5.11. The maximum absolute atomic E-state index is 12.0. The van der Waals surface area contributed by atoms with Crippen LogP contribution in [-0.2, 0) is 4.74 Å². The lowest BCUT2D eigenvalue weighted by Gasteiger charge is -2.19. The molecule has 1 fully saturated rings. The Morgan fingerprint density at radius 2 is 2.24 bits per heavy atom. The number of rotatable bonds is 6. The van der Waals surface area contributed by atoms with Crippen LogP contribution < -0.4 is 11.1 Å². The van der Waals surface area contributed by atoms with Crippen LogP contribution >= 0.6 is 11.8 Å². The van der Waals surface area contributed by atoms with E-state index in [0.29, 0.717) is 29.1 Å². The number of ether oxygens (including phenoxy) is 1. The molecule has 0 radical (unpaired) electrons. The van der Waals surface area contributed by atoms with Gasteiger partial charge in [0.2, 0.25) is 0 Å². The van der Waals surface area contributed by atoms with Crippen molar-refractivity contribution in [2.24, 2.45) is 0 Å². The molecule has 1 aromatic carbocycles. The summed E-state index contributed by atoms with van der Waals surface area (Å²) in [5.41, 5.74) is 7.91. The zero-order valence-electron chi connectivity index (χ0n) is 12.7. The lowest BCUT2D eigenvalue weighted by atomic mass is 10.1. The fourth-order valence-electron chi connectivity index (χ4n) is 2.77. The van der Waals surface area contributed by atoms with Gasteiger partial charge in [-0.2, -0.15) is 11.8 Å². The van der Waals surface area contributed by atoms with E-state index in [-0.39, 0.29) is 5.97 Å². The molecule has 0 heterocycles. The second-order valence-corrected chi connectivity index (χ2v) is 6.80. The minimum absolute atomic E-state index is 0.315. The normalized spacial score (nSPS) is 21.2. The summed E-state index contributed by atoms with van der Waals surface area (Å²) in [5, 5.41) is 4.18. The first-order valence-corrected chi connectivity index (χ1v) is 8.64. The Balaban J connectivity index is 2.10. The van der Waals surface area contributed by atoms with Crippen LogP contribution in [0.15, 0.2) is 18.2 Å². The third-order valence-electron chi connectivity index (χ3n) is 3.73. The number of para-hydroxylation sites is 1. The minimum atomic E-state index is -0.315. The number of nitrogen functional groups attached to an aromatic ring is 1. The van der Waals surface area contributed by atoms with Gasteiger partial charge in [0.25, 0.3) is 0 Å². The summed E-state index contributed by atoms with van der Waals surface area (Å²) in [7, 11) is 0. The third-order valence-corrected chi connectivity index (χ3v) is 4.96. The van der Waals surface area contributed by atoms with E-state index in [2.05, 4.69) is 12.2 Å². The van der Waals surface area contributed by atoms with Crippen LogP contribution in [0.3, 0.4) is 0 Å². The highest BCUT2D eigenvalue weighted by Gasteiger charge is 2.26. The topological polar surface area (TPSA) is 64.3 Å². The SMILES string of the molecule is CCOC(=O)c1cccc(N)c1NC1CCC(SCC)C1. The molecule has 2 atom stereocenters. The average Bonchev–Trinajstić information content (AvgIpc) is 2.89. The summed E-state index contributed by atoms with van der Waals surface area (Å²) in [6.45, 7) is 4.37. The van der Waals surface area contributed by atoms with Gasteiger partial charge in [-0.1, -0.05) is 13.0 Å². The van der Waals surface area contributed by atoms with Crippen molar-refractivity contribution in [3.8, 4) is 0 Å². The Kier molecular flexibility index (Phi) is 5.79. The van der Waals surface area contributed by atoms with Crippen molar-refractivity contribution >= 4 is 29.1 Å². The van der Waals surface area contributed by atoms with Crippen molar-refractivity contribution in [1.82, 2.24) is 0 Å². The Labute approximate surface area is 130 Å². The molecule has 21 heavy (non-hydrogen) atoms. The molecule has 3 N–H and O–H groups in total. The zero-order chi connectivity index (χ0) is 15.2. The number of carbonyl (C=O) groups is 1. The summed E-state index contributed by atoms with van der Waals surface area (Å²) >= 11 is 2.01. The first kappa shape index (κ1) is 16.0. The summed E-state index contributed by atoms with van der Waals surface area (Å²) in [4.78, 5) is 12.0. The monoisotopic (exact) mass is 308 g/mol. The highest BCUT2D eigenvalue weighted by molar-refractivity contribution is 7.99. The molecule has 0 aromatic heterocycles. The quantitative estimate of drug-likeness (QED) is 0.622. The molecule has 1 aliphatic carbocycles. The van der Waals surface area contributed by atoms with E-state index in [4.69, 9.17) is 10.5 Å². The van der Waals surface area contributed by atoms with E-state index < -0.39 is 0 Å². The summed E-state index contributed by atoms with van der Waals surface area (Å²) in [6, 6.07) is 5.76. The minimum Gasteiger partial charge on any atom is -0.462 e. The summed E-state index contributed by atoms with van der Waals surface area (Å²) in [5.74, 6) is 0.837. The second kappa shape index (κ2) is 7.59. The molecule has 0 bridgehead atoms. The van der Waals surface area contributed by atoms with E-state index in [9.17, 15) is 4.79 Å². The van der Waals surface area contributed by atoms with Crippen molar-refractivity contribution in [3.63, 3.8) is 0 Å². The lowest BCUT2D eigenvalue weighted by molar-refractivity contribution is 0.0527. The fourth-order valence-corrected chi connectivity index (χ4v) is 3.92. The van der Waals surface area contributed by atoms with E-state index in [0.717, 1.165) is 24.3 Å². The van der Waals surface area contributed by atoms with E-state index in [1.54, 1.807) is 19.1 Å². The number of hydrogen-bond acceptors (Lipinski definition) is 5. The number of carbonyl (C=O) groups excluding carboxylic acids is 1. The van der Waals surface area contributed by atoms with E-state index in [1.807, 2.05) is 17.8 Å². The van der Waals surface area contributed by atoms with Crippen LogP contribution in [0, 0.1) is 0 Å². The van der Waals surface area contributed by atoms with Gasteiger partial charge in [0.15, 0.2) is 0 Å². The van der Waals surface area contributed by atoms with Gasteiger partial charge in [-0.05, 0) is 44.1 Å². The van der Waals surface area contributed by atoms with Gasteiger partial charge in [-0.15, -0.1) is 0 Å². The molecule has 1 aliphatic rings. The van der Waals surface area contributed by atoms with Crippen molar-refractivity contribution in [1.29, 1.82) is 0 Å². The van der Waals surface area contributed by atoms with Gasteiger partial charge < -0.3 is 15.8 Å². The first-order chi connectivity index (χ1) is 10.2. The predicted molar refractivity (Wildman–Crippen MR) is 90.0 cm³/mol. The molecule has 116 valence electrons. The van der Waals surface area contributed by atoms with Crippen LogP contribution in [0.2, 0.25) is 0 Å². The van der Waals surface area contributed by atoms with E-state index in [1.165, 1.54) is 6.42 Å². The summed E-state index contributed by atoms with van der Waals surface area (Å²) in [6.07, 6.45) is 3.46. The molecule has 0 aliphatic heterocycles. The van der Waals surface area contributed by atoms with Crippen LogP contribution in [-0.4, -0.2) is 29.6 Å². The highest BCUT2D eigenvalue weighted by atomic mass is 32.2. The fraction of sp³-hybridized carbons (Fsp3) is 0.562. The number of thioether (sulfide) groups is 1. The Morgan fingerprint density at radius 3 is 2.95 bits per heavy atom. The number of esters is 1. The van der Waals surface area contributed by atoms with Crippen molar-refractivity contribution in [2.45, 2.75) is 44.4 Å². The molecule has 2 rings (SSSR count). The Morgan fingerprint density at radius 1 is 1.43 bits per heavy atom. The average molecular weight is 308 g/mol. The van der Waals surface area contributed by atoms with Crippen LogP contribution in [0.4, 0.5) is 11.4 Å². The first-order valence-electron chi connectivity index (χ1n) is 7.59. The zero-order valence-corrected chi connectivity index (χ0v) is 13.5. The molecule has 0 spiro atoms. The molecule has 2 unspecified atom stereocenters. The molecular formula is C16H24N2O2S. The third kappa shape index (κ3) is 4.06. The number of hydrogen-bond donors (Lipinski definition) is 2. The molecule has 1 aromatic rings. The smallest absolute Gasteiger partial charge is 0.340 e. The number of nitrogens with one attached hydrogen (secondary N) is 1. The maximum atomic E-state index is 12.0.